The summed E-state index contributed by atoms with van der Waals surface area (Å²) in [4.78, 5) is 14.2. The lowest BCUT2D eigenvalue weighted by Gasteiger charge is -2.40. The molecule has 0 bridgehead atoms. The SMILES string of the molecule is CC1(C)c2cc(-c3ccccc3)ccc2B(c2cccc3c2-c2ccccc2C32c3ccccc3C(=O)c3ccccc32)c2ccc(-c3ccccc3)cc21. The Hall–Kier alpha value is -6.51. The molecule has 2 aliphatic carbocycles. The van der Waals surface area contributed by atoms with Gasteiger partial charge in [0.15, 0.2) is 5.78 Å². The molecule has 0 atom stereocenters. The predicted octanol–water partition coefficient (Wildman–Crippen LogP) is 10.1. The zero-order chi connectivity index (χ0) is 36.9. The minimum Gasteiger partial charge on any atom is -0.289 e. The van der Waals surface area contributed by atoms with Gasteiger partial charge >= 0.3 is 0 Å². The Morgan fingerprint density at radius 1 is 0.364 bits per heavy atom. The highest BCUT2D eigenvalue weighted by molar-refractivity contribution is 6.97. The highest BCUT2D eigenvalue weighted by Crippen LogP contribution is 2.59. The Morgan fingerprint density at radius 3 is 1.33 bits per heavy atom. The Kier molecular flexibility index (Phi) is 6.83. The molecular weight excluding hydrogens is 663 g/mol. The van der Waals surface area contributed by atoms with E-state index in [1.165, 1.54) is 72.0 Å². The number of hydrogen-bond acceptors (Lipinski definition) is 1. The van der Waals surface area contributed by atoms with Crippen LogP contribution in [0.3, 0.4) is 0 Å². The molecule has 0 radical (unpaired) electrons. The van der Waals surface area contributed by atoms with E-state index in [9.17, 15) is 4.79 Å². The average molecular weight is 701 g/mol. The largest absolute Gasteiger partial charge is 0.289 e. The van der Waals surface area contributed by atoms with Crippen LogP contribution in [-0.4, -0.2) is 12.5 Å². The molecule has 0 saturated carbocycles. The van der Waals surface area contributed by atoms with E-state index in [0.29, 0.717) is 0 Å². The number of benzene rings is 8. The van der Waals surface area contributed by atoms with Crippen molar-refractivity contribution in [1.82, 2.24) is 0 Å². The highest BCUT2D eigenvalue weighted by Gasteiger charge is 2.53. The Bertz CT molecular complexity index is 2720. The number of carbonyl (C=O) groups is 1. The van der Waals surface area contributed by atoms with Crippen LogP contribution in [0.2, 0.25) is 0 Å². The van der Waals surface area contributed by atoms with E-state index in [1.807, 2.05) is 24.3 Å². The van der Waals surface area contributed by atoms with Crippen molar-refractivity contribution < 1.29 is 4.79 Å². The molecule has 1 heterocycles. The molecule has 258 valence electrons. The van der Waals surface area contributed by atoms with Crippen LogP contribution in [0.25, 0.3) is 33.4 Å². The van der Waals surface area contributed by atoms with Crippen molar-refractivity contribution in [3.05, 3.63) is 233 Å². The summed E-state index contributed by atoms with van der Waals surface area (Å²) in [5.74, 6) is 0.0970. The van der Waals surface area contributed by atoms with Crippen LogP contribution in [0, 0.1) is 0 Å². The Morgan fingerprint density at radius 2 is 0.800 bits per heavy atom. The maximum Gasteiger partial charge on any atom is 0.242 e. The van der Waals surface area contributed by atoms with Crippen LogP contribution >= 0.6 is 0 Å². The summed E-state index contributed by atoms with van der Waals surface area (Å²) < 4.78 is 0. The topological polar surface area (TPSA) is 17.1 Å². The van der Waals surface area contributed by atoms with E-state index < -0.39 is 5.41 Å². The van der Waals surface area contributed by atoms with Crippen LogP contribution in [0.5, 0.6) is 0 Å². The smallest absolute Gasteiger partial charge is 0.242 e. The minimum absolute atomic E-state index is 0.0125. The molecule has 0 N–H and O–H groups in total. The lowest BCUT2D eigenvalue weighted by molar-refractivity contribution is 0.103. The second-order valence-electron chi connectivity index (χ2n) is 15.9. The fourth-order valence-corrected chi connectivity index (χ4v) is 10.5. The fraction of sp³-hybridized carbons (Fsp3) is 0.0755. The summed E-state index contributed by atoms with van der Waals surface area (Å²) in [5, 5.41) is 0. The normalized spacial score (nSPS) is 15.0. The molecule has 3 aliphatic rings. The van der Waals surface area contributed by atoms with Gasteiger partial charge in [-0.2, -0.15) is 0 Å². The summed E-state index contributed by atoms with van der Waals surface area (Å²) in [6, 6.07) is 68.4. The molecule has 11 rings (SSSR count). The molecule has 0 aromatic heterocycles. The van der Waals surface area contributed by atoms with Gasteiger partial charge in [0.2, 0.25) is 6.71 Å². The van der Waals surface area contributed by atoms with Crippen molar-refractivity contribution in [3.63, 3.8) is 0 Å². The lowest BCUT2D eigenvalue weighted by Crippen LogP contribution is -2.61. The summed E-state index contributed by atoms with van der Waals surface area (Å²) in [7, 11) is 0. The third kappa shape index (κ3) is 4.34. The van der Waals surface area contributed by atoms with Crippen molar-refractivity contribution in [2.24, 2.45) is 0 Å². The van der Waals surface area contributed by atoms with Crippen molar-refractivity contribution in [2.75, 3.05) is 0 Å². The van der Waals surface area contributed by atoms with Gasteiger partial charge in [-0.1, -0.05) is 218 Å². The van der Waals surface area contributed by atoms with Crippen LogP contribution in [0.1, 0.15) is 63.1 Å². The lowest BCUT2D eigenvalue weighted by atomic mass is 9.30. The van der Waals surface area contributed by atoms with Crippen molar-refractivity contribution in [2.45, 2.75) is 24.7 Å². The molecule has 0 amide bonds. The van der Waals surface area contributed by atoms with Gasteiger partial charge in [0, 0.05) is 16.5 Å². The fourth-order valence-electron chi connectivity index (χ4n) is 10.5. The van der Waals surface area contributed by atoms with E-state index in [4.69, 9.17) is 0 Å². The molecule has 0 fully saturated rings. The van der Waals surface area contributed by atoms with Gasteiger partial charge in [-0.3, -0.25) is 4.79 Å². The third-order valence-electron chi connectivity index (χ3n) is 12.9. The summed E-state index contributed by atoms with van der Waals surface area (Å²) >= 11 is 0. The van der Waals surface area contributed by atoms with E-state index in [2.05, 4.69) is 178 Å². The number of rotatable bonds is 3. The molecule has 1 spiro atoms. The first kappa shape index (κ1) is 32.0. The monoisotopic (exact) mass is 700 g/mol. The summed E-state index contributed by atoms with van der Waals surface area (Å²) in [6.07, 6.45) is 0. The molecular formula is C53H37BO. The molecule has 1 aliphatic heterocycles. The first-order chi connectivity index (χ1) is 27.0. The van der Waals surface area contributed by atoms with Gasteiger partial charge in [-0.25, -0.2) is 0 Å². The minimum atomic E-state index is -0.628. The average Bonchev–Trinajstić information content (AvgIpc) is 3.55. The van der Waals surface area contributed by atoms with Crippen LogP contribution in [-0.2, 0) is 10.8 Å². The number of carbonyl (C=O) groups excluding carboxylic acids is 1. The van der Waals surface area contributed by atoms with E-state index in [-0.39, 0.29) is 17.9 Å². The second-order valence-corrected chi connectivity index (χ2v) is 15.9. The van der Waals surface area contributed by atoms with Crippen LogP contribution < -0.4 is 16.4 Å². The maximum absolute atomic E-state index is 14.2. The zero-order valence-electron chi connectivity index (χ0n) is 30.9. The quantitative estimate of drug-likeness (QED) is 0.168. The first-order valence-electron chi connectivity index (χ1n) is 19.3. The molecule has 8 aromatic rings. The van der Waals surface area contributed by atoms with E-state index >= 15 is 0 Å². The van der Waals surface area contributed by atoms with Gasteiger partial charge in [-0.05, 0) is 66.8 Å². The van der Waals surface area contributed by atoms with Gasteiger partial charge in [0.1, 0.15) is 0 Å². The predicted molar refractivity (Wildman–Crippen MR) is 228 cm³/mol. The Balaban J connectivity index is 1.23. The van der Waals surface area contributed by atoms with Crippen molar-refractivity contribution in [3.8, 4) is 33.4 Å². The maximum atomic E-state index is 14.2. The van der Waals surface area contributed by atoms with Crippen LogP contribution in [0.4, 0.5) is 0 Å². The number of fused-ring (bicyclic) bond motifs is 11. The second kappa shape index (κ2) is 11.7. The van der Waals surface area contributed by atoms with E-state index in [1.54, 1.807) is 0 Å². The first-order valence-corrected chi connectivity index (χ1v) is 19.3. The summed E-state index contributed by atoms with van der Waals surface area (Å²) in [5.41, 5.74) is 19.4. The zero-order valence-corrected chi connectivity index (χ0v) is 30.9. The van der Waals surface area contributed by atoms with Gasteiger partial charge in [0.05, 0.1) is 5.41 Å². The molecule has 0 unspecified atom stereocenters. The molecule has 8 aromatic carbocycles. The third-order valence-corrected chi connectivity index (χ3v) is 12.9. The van der Waals surface area contributed by atoms with Crippen molar-refractivity contribution >= 4 is 28.9 Å². The molecule has 2 heteroatoms. The molecule has 1 nitrogen and oxygen atoms in total. The van der Waals surface area contributed by atoms with Crippen LogP contribution in [0.15, 0.2) is 188 Å². The molecule has 55 heavy (non-hydrogen) atoms. The van der Waals surface area contributed by atoms with Gasteiger partial charge in [0.25, 0.3) is 0 Å². The summed E-state index contributed by atoms with van der Waals surface area (Å²) in [6.45, 7) is 4.79. The number of hydrogen-bond donors (Lipinski definition) is 0. The van der Waals surface area contributed by atoms with Gasteiger partial charge < -0.3 is 0 Å². The number of ketones is 1. The molecule has 0 saturated heterocycles. The standard InChI is InChI=1S/C53H37BO/c1-52(2)45-32-36(34-16-5-3-6-17-34)28-30-47(45)54(48-31-29-37(33-46(48)52)35-18-7-4-8-19-35)49-27-15-26-44-50(49)38-20-9-12-23-41(38)53(44)42-24-13-10-21-39(42)51(55)40-22-11-14-25-43(40)53/h3-33H,1-2H3. The Labute approximate surface area is 323 Å². The van der Waals surface area contributed by atoms with E-state index in [0.717, 1.165) is 22.3 Å². The van der Waals surface area contributed by atoms with Gasteiger partial charge in [-0.15, -0.1) is 0 Å². The highest BCUT2D eigenvalue weighted by atomic mass is 16.1. The van der Waals surface area contributed by atoms with Crippen molar-refractivity contribution in [1.29, 1.82) is 0 Å².